The van der Waals surface area contributed by atoms with Crippen LogP contribution >= 0.6 is 0 Å². The Kier molecular flexibility index (Phi) is 9.32. The van der Waals surface area contributed by atoms with Crippen molar-refractivity contribution in [3.8, 4) is 11.5 Å². The Hall–Kier alpha value is -3.02. The van der Waals surface area contributed by atoms with Gasteiger partial charge >= 0.3 is 0 Å². The van der Waals surface area contributed by atoms with Gasteiger partial charge in [-0.15, -0.1) is 0 Å². The van der Waals surface area contributed by atoms with E-state index in [9.17, 15) is 9.59 Å². The minimum atomic E-state index is -0.654. The fourth-order valence-corrected chi connectivity index (χ4v) is 3.45. The van der Waals surface area contributed by atoms with E-state index in [4.69, 9.17) is 9.47 Å². The summed E-state index contributed by atoms with van der Waals surface area (Å²) in [6.45, 7) is 12.1. The van der Waals surface area contributed by atoms with E-state index in [1.165, 1.54) is 0 Å². The summed E-state index contributed by atoms with van der Waals surface area (Å²) < 4.78 is 11.3. The molecule has 0 spiro atoms. The van der Waals surface area contributed by atoms with Gasteiger partial charge in [-0.25, -0.2) is 0 Å². The van der Waals surface area contributed by atoms with Crippen molar-refractivity contribution in [2.45, 2.75) is 72.0 Å². The first-order valence-electron chi connectivity index (χ1n) is 11.5. The molecule has 0 aliphatic rings. The van der Waals surface area contributed by atoms with Crippen molar-refractivity contribution < 1.29 is 19.1 Å². The second-order valence-electron chi connectivity index (χ2n) is 9.40. The van der Waals surface area contributed by atoms with Crippen LogP contribution in [0.2, 0.25) is 0 Å². The lowest BCUT2D eigenvalue weighted by atomic mass is 9.86. The molecule has 0 aliphatic heterocycles. The number of ether oxygens (including phenoxy) is 2. The first kappa shape index (κ1) is 26.2. The molecule has 2 atom stereocenters. The van der Waals surface area contributed by atoms with Crippen LogP contribution in [0.4, 0.5) is 0 Å². The quantitative estimate of drug-likeness (QED) is 0.565. The Bertz CT molecular complexity index is 936. The van der Waals surface area contributed by atoms with E-state index < -0.39 is 6.04 Å². The molecule has 0 radical (unpaired) electrons. The highest BCUT2D eigenvalue weighted by Crippen LogP contribution is 2.31. The van der Waals surface area contributed by atoms with Gasteiger partial charge in [0.15, 0.2) is 6.61 Å². The largest absolute Gasteiger partial charge is 0.497 e. The van der Waals surface area contributed by atoms with Crippen LogP contribution in [-0.4, -0.2) is 42.5 Å². The molecule has 2 rings (SSSR count). The van der Waals surface area contributed by atoms with Crippen molar-refractivity contribution in [2.75, 3.05) is 13.7 Å². The second kappa shape index (κ2) is 11.7. The molecule has 2 aromatic carbocycles. The smallest absolute Gasteiger partial charge is 0.261 e. The van der Waals surface area contributed by atoms with E-state index in [1.54, 1.807) is 18.9 Å². The van der Waals surface area contributed by atoms with Crippen LogP contribution in [0, 0.1) is 0 Å². The Morgan fingerprint density at radius 3 is 2.39 bits per heavy atom. The van der Waals surface area contributed by atoms with E-state index in [1.807, 2.05) is 62.4 Å². The zero-order chi connectivity index (χ0) is 24.6. The van der Waals surface area contributed by atoms with Crippen molar-refractivity contribution in [3.05, 3.63) is 59.7 Å². The van der Waals surface area contributed by atoms with E-state index in [0.717, 1.165) is 17.5 Å². The third-order valence-electron chi connectivity index (χ3n) is 5.70. The number of nitrogens with one attached hydrogen (secondary N) is 1. The molecule has 2 unspecified atom stereocenters. The number of para-hydroxylation sites is 1. The number of rotatable bonds is 10. The Labute approximate surface area is 198 Å². The van der Waals surface area contributed by atoms with Gasteiger partial charge in [-0.1, -0.05) is 58.0 Å². The number of benzene rings is 2. The molecule has 0 aromatic heterocycles. The maximum absolute atomic E-state index is 13.3. The molecule has 2 amide bonds. The SMILES string of the molecule is CCC(C)NC(=O)C(C)N(Cc1cccc(OC)c1)C(=O)COc1ccccc1C(C)(C)C. The lowest BCUT2D eigenvalue weighted by Gasteiger charge is -2.30. The van der Waals surface area contributed by atoms with Gasteiger partial charge in [-0.05, 0) is 55.0 Å². The second-order valence-corrected chi connectivity index (χ2v) is 9.40. The van der Waals surface area contributed by atoms with E-state index in [-0.39, 0.29) is 36.4 Å². The highest BCUT2D eigenvalue weighted by molar-refractivity contribution is 5.88. The third kappa shape index (κ3) is 7.52. The molecule has 180 valence electrons. The molecule has 2 aromatic rings. The van der Waals surface area contributed by atoms with Gasteiger partial charge in [-0.2, -0.15) is 0 Å². The average Bonchev–Trinajstić information content (AvgIpc) is 2.80. The van der Waals surface area contributed by atoms with Gasteiger partial charge in [0.1, 0.15) is 17.5 Å². The molecule has 0 heterocycles. The minimum Gasteiger partial charge on any atom is -0.497 e. The van der Waals surface area contributed by atoms with Gasteiger partial charge in [0.2, 0.25) is 5.91 Å². The van der Waals surface area contributed by atoms with E-state index in [0.29, 0.717) is 11.5 Å². The molecule has 0 bridgehead atoms. The van der Waals surface area contributed by atoms with Crippen LogP contribution in [0.5, 0.6) is 11.5 Å². The molecular formula is C27H38N2O4. The normalized spacial score (nSPS) is 13.1. The number of hydrogen-bond acceptors (Lipinski definition) is 4. The van der Waals surface area contributed by atoms with Crippen LogP contribution in [0.15, 0.2) is 48.5 Å². The van der Waals surface area contributed by atoms with Gasteiger partial charge in [0.25, 0.3) is 5.91 Å². The first-order valence-corrected chi connectivity index (χ1v) is 11.5. The zero-order valence-electron chi connectivity index (χ0n) is 21.0. The molecule has 0 saturated carbocycles. The van der Waals surface area contributed by atoms with Crippen molar-refractivity contribution in [3.63, 3.8) is 0 Å². The monoisotopic (exact) mass is 454 g/mol. The molecular weight excluding hydrogens is 416 g/mol. The highest BCUT2D eigenvalue weighted by Gasteiger charge is 2.28. The summed E-state index contributed by atoms with van der Waals surface area (Å²) in [5, 5.41) is 2.98. The van der Waals surface area contributed by atoms with E-state index >= 15 is 0 Å². The summed E-state index contributed by atoms with van der Waals surface area (Å²) in [6, 6.07) is 14.6. The minimum absolute atomic E-state index is 0.0311. The molecule has 0 fully saturated rings. The van der Waals surface area contributed by atoms with Crippen LogP contribution in [0.25, 0.3) is 0 Å². The van der Waals surface area contributed by atoms with E-state index in [2.05, 4.69) is 26.1 Å². The molecule has 0 aliphatic carbocycles. The third-order valence-corrected chi connectivity index (χ3v) is 5.70. The van der Waals surface area contributed by atoms with Crippen molar-refractivity contribution in [2.24, 2.45) is 0 Å². The number of methoxy groups -OCH3 is 1. The fourth-order valence-electron chi connectivity index (χ4n) is 3.45. The predicted molar refractivity (Wildman–Crippen MR) is 132 cm³/mol. The van der Waals surface area contributed by atoms with Crippen LogP contribution < -0.4 is 14.8 Å². The maximum atomic E-state index is 13.3. The maximum Gasteiger partial charge on any atom is 0.261 e. The van der Waals surface area contributed by atoms with Crippen molar-refractivity contribution >= 4 is 11.8 Å². The summed E-state index contributed by atoms with van der Waals surface area (Å²) in [5.41, 5.74) is 1.78. The summed E-state index contributed by atoms with van der Waals surface area (Å²) >= 11 is 0. The highest BCUT2D eigenvalue weighted by atomic mass is 16.5. The number of carbonyl (C=O) groups excluding carboxylic acids is 2. The fraction of sp³-hybridized carbons (Fsp3) is 0.481. The van der Waals surface area contributed by atoms with Crippen LogP contribution in [-0.2, 0) is 21.5 Å². The number of carbonyl (C=O) groups is 2. The lowest BCUT2D eigenvalue weighted by molar-refractivity contribution is -0.142. The molecule has 0 saturated heterocycles. The van der Waals surface area contributed by atoms with Gasteiger partial charge in [0.05, 0.1) is 7.11 Å². The average molecular weight is 455 g/mol. The summed E-state index contributed by atoms with van der Waals surface area (Å²) in [5.74, 6) is 0.937. The topological polar surface area (TPSA) is 67.9 Å². The summed E-state index contributed by atoms with van der Waals surface area (Å²) in [6.07, 6.45) is 0.814. The number of nitrogens with zero attached hydrogens (tertiary/aromatic N) is 1. The molecule has 6 nitrogen and oxygen atoms in total. The summed E-state index contributed by atoms with van der Waals surface area (Å²) in [4.78, 5) is 27.7. The lowest BCUT2D eigenvalue weighted by Crippen LogP contribution is -2.50. The Morgan fingerprint density at radius 1 is 1.06 bits per heavy atom. The number of amides is 2. The van der Waals surface area contributed by atoms with Gasteiger partial charge < -0.3 is 19.7 Å². The molecule has 1 N–H and O–H groups in total. The molecule has 6 heteroatoms. The van der Waals surface area contributed by atoms with Gasteiger partial charge in [-0.3, -0.25) is 9.59 Å². The van der Waals surface area contributed by atoms with Gasteiger partial charge in [0, 0.05) is 12.6 Å². The number of hydrogen-bond donors (Lipinski definition) is 1. The van der Waals surface area contributed by atoms with Crippen molar-refractivity contribution in [1.29, 1.82) is 0 Å². The standard InChI is InChI=1S/C27H38N2O4/c1-8-19(2)28-26(31)20(3)29(17-21-12-11-13-22(16-21)32-7)25(30)18-33-24-15-10-9-14-23(24)27(4,5)6/h9-16,19-20H,8,17-18H2,1-7H3,(H,28,31). The summed E-state index contributed by atoms with van der Waals surface area (Å²) in [7, 11) is 1.60. The van der Waals surface area contributed by atoms with Crippen LogP contribution in [0.3, 0.4) is 0 Å². The first-order chi connectivity index (χ1) is 15.6. The Balaban J connectivity index is 2.25. The zero-order valence-corrected chi connectivity index (χ0v) is 21.0. The van der Waals surface area contributed by atoms with Crippen LogP contribution in [0.1, 0.15) is 59.1 Å². The Morgan fingerprint density at radius 2 is 1.76 bits per heavy atom. The van der Waals surface area contributed by atoms with Crippen molar-refractivity contribution in [1.82, 2.24) is 10.2 Å². The molecule has 33 heavy (non-hydrogen) atoms. The predicted octanol–water partition coefficient (Wildman–Crippen LogP) is 4.70.